The van der Waals surface area contributed by atoms with Gasteiger partial charge < -0.3 is 4.74 Å². The summed E-state index contributed by atoms with van der Waals surface area (Å²) >= 11 is 0. The number of nitrogens with zero attached hydrogens (tertiary/aromatic N) is 1. The molecule has 0 N–H and O–H groups in total. The summed E-state index contributed by atoms with van der Waals surface area (Å²) in [6.45, 7) is 2.96. The molecule has 1 heterocycles. The molecule has 0 spiro atoms. The van der Waals surface area contributed by atoms with Crippen LogP contribution >= 0.6 is 0 Å². The number of benzene rings is 1. The van der Waals surface area contributed by atoms with Crippen molar-refractivity contribution in [3.05, 3.63) is 59.4 Å². The maximum absolute atomic E-state index is 13.9. The maximum atomic E-state index is 13.9. The Morgan fingerprint density at radius 1 is 0.923 bits per heavy atom. The second kappa shape index (κ2) is 9.11. The Balaban J connectivity index is 1.53. The number of pyridine rings is 1. The topological polar surface area (TPSA) is 22.1 Å². The van der Waals surface area contributed by atoms with Crippen LogP contribution in [-0.2, 0) is 0 Å². The van der Waals surface area contributed by atoms with Gasteiger partial charge in [0, 0.05) is 5.56 Å². The predicted molar refractivity (Wildman–Crippen MR) is 99.6 cm³/mol. The summed E-state index contributed by atoms with van der Waals surface area (Å²) in [5, 5.41) is 0. The van der Waals surface area contributed by atoms with E-state index in [4.69, 9.17) is 4.74 Å². The van der Waals surface area contributed by atoms with Crippen molar-refractivity contribution < 1.29 is 13.5 Å². The van der Waals surface area contributed by atoms with Crippen LogP contribution in [0, 0.1) is 11.9 Å². The van der Waals surface area contributed by atoms with Gasteiger partial charge in [-0.05, 0) is 73.8 Å². The number of aromatic nitrogens is 1. The Bertz CT molecular complexity index is 694. The Hall–Kier alpha value is -1.97. The Morgan fingerprint density at radius 3 is 2.27 bits per heavy atom. The van der Waals surface area contributed by atoms with Crippen molar-refractivity contribution in [2.75, 3.05) is 6.61 Å². The van der Waals surface area contributed by atoms with Crippen molar-refractivity contribution in [3.8, 4) is 5.75 Å². The van der Waals surface area contributed by atoms with Gasteiger partial charge in [0.15, 0.2) is 0 Å². The minimum Gasteiger partial charge on any atom is -0.494 e. The molecule has 2 nitrogen and oxygen atoms in total. The van der Waals surface area contributed by atoms with E-state index in [-0.39, 0.29) is 5.92 Å². The lowest BCUT2D eigenvalue weighted by Crippen LogP contribution is -2.14. The highest BCUT2D eigenvalue weighted by atomic mass is 19.1. The quantitative estimate of drug-likeness (QED) is 0.423. The smallest absolute Gasteiger partial charge is 0.218 e. The molecule has 0 amide bonds. The second-order valence-corrected chi connectivity index (χ2v) is 7.19. The Labute approximate surface area is 154 Å². The first-order valence-corrected chi connectivity index (χ1v) is 9.72. The summed E-state index contributed by atoms with van der Waals surface area (Å²) < 4.78 is 32.6. The Morgan fingerprint density at radius 2 is 1.62 bits per heavy atom. The zero-order valence-electron chi connectivity index (χ0n) is 15.4. The highest BCUT2D eigenvalue weighted by Gasteiger charge is 2.25. The van der Waals surface area contributed by atoms with Crippen LogP contribution in [0.5, 0.6) is 5.75 Å². The molecule has 0 radical (unpaired) electrons. The van der Waals surface area contributed by atoms with Crippen molar-refractivity contribution in [1.82, 2.24) is 4.98 Å². The van der Waals surface area contributed by atoms with Crippen LogP contribution in [0.2, 0.25) is 0 Å². The van der Waals surface area contributed by atoms with E-state index in [0.29, 0.717) is 11.5 Å². The van der Waals surface area contributed by atoms with E-state index in [9.17, 15) is 8.78 Å². The largest absolute Gasteiger partial charge is 0.494 e. The highest BCUT2D eigenvalue weighted by Crippen LogP contribution is 2.41. The highest BCUT2D eigenvalue weighted by molar-refractivity contribution is 5.30. The first kappa shape index (κ1) is 18.8. The standard InChI is InChI=1S/C22H27F2NO/c1-2-3-4-15-26-19-11-9-17(10-12-19)16-5-7-18(8-6-16)20-13-14-21(23)25-22(20)24/h9-14,16,18H,2-8,15H2,1H3/t16-,18-. The third-order valence-corrected chi connectivity index (χ3v) is 5.38. The molecular formula is C22H27F2NO. The zero-order chi connectivity index (χ0) is 18.4. The molecule has 1 fully saturated rings. The van der Waals surface area contributed by atoms with E-state index in [0.717, 1.165) is 44.5 Å². The van der Waals surface area contributed by atoms with E-state index in [1.54, 1.807) is 6.07 Å². The van der Waals surface area contributed by atoms with Gasteiger partial charge in [0.25, 0.3) is 0 Å². The molecule has 0 aliphatic heterocycles. The molecular weight excluding hydrogens is 332 g/mol. The molecule has 26 heavy (non-hydrogen) atoms. The fourth-order valence-electron chi connectivity index (χ4n) is 3.84. The number of halogens is 2. The predicted octanol–water partition coefficient (Wildman–Crippen LogP) is 6.37. The molecule has 0 bridgehead atoms. The van der Waals surface area contributed by atoms with Gasteiger partial charge in [0.05, 0.1) is 6.61 Å². The minimum atomic E-state index is -0.753. The van der Waals surface area contributed by atoms with Gasteiger partial charge >= 0.3 is 0 Å². The summed E-state index contributed by atoms with van der Waals surface area (Å²) in [5.74, 6) is 0.158. The van der Waals surface area contributed by atoms with Crippen molar-refractivity contribution in [2.24, 2.45) is 0 Å². The third kappa shape index (κ3) is 4.80. The summed E-state index contributed by atoms with van der Waals surface area (Å²) in [6.07, 6.45) is 7.33. The van der Waals surface area contributed by atoms with Crippen LogP contribution in [0.25, 0.3) is 0 Å². The van der Waals surface area contributed by atoms with Gasteiger partial charge in [-0.2, -0.15) is 13.8 Å². The fraction of sp³-hybridized carbons (Fsp3) is 0.500. The molecule has 1 aliphatic carbocycles. The van der Waals surface area contributed by atoms with Crippen molar-refractivity contribution in [2.45, 2.75) is 63.7 Å². The van der Waals surface area contributed by atoms with Gasteiger partial charge in [-0.1, -0.05) is 31.9 Å². The van der Waals surface area contributed by atoms with Crippen LogP contribution in [-0.4, -0.2) is 11.6 Å². The van der Waals surface area contributed by atoms with Crippen molar-refractivity contribution in [3.63, 3.8) is 0 Å². The monoisotopic (exact) mass is 359 g/mol. The lowest BCUT2D eigenvalue weighted by molar-refractivity contribution is 0.306. The molecule has 1 aromatic heterocycles. The fourth-order valence-corrected chi connectivity index (χ4v) is 3.84. The molecule has 1 aromatic carbocycles. The normalized spacial score (nSPS) is 20.1. The van der Waals surface area contributed by atoms with Gasteiger partial charge in [-0.15, -0.1) is 0 Å². The van der Waals surface area contributed by atoms with E-state index in [1.807, 2.05) is 0 Å². The number of hydrogen-bond donors (Lipinski definition) is 0. The molecule has 2 aromatic rings. The summed E-state index contributed by atoms with van der Waals surface area (Å²) in [4.78, 5) is 3.32. The average molecular weight is 359 g/mol. The first-order chi connectivity index (χ1) is 12.7. The summed E-state index contributed by atoms with van der Waals surface area (Å²) in [5.41, 5.74) is 1.88. The van der Waals surface area contributed by atoms with Crippen LogP contribution in [0.1, 0.15) is 74.8 Å². The molecule has 3 rings (SSSR count). The summed E-state index contributed by atoms with van der Waals surface area (Å²) in [7, 11) is 0. The molecule has 140 valence electrons. The van der Waals surface area contributed by atoms with Crippen LogP contribution < -0.4 is 4.74 Å². The van der Waals surface area contributed by atoms with Gasteiger partial charge in [0.2, 0.25) is 11.9 Å². The third-order valence-electron chi connectivity index (χ3n) is 5.38. The molecule has 0 atom stereocenters. The molecule has 4 heteroatoms. The SMILES string of the molecule is CCCCCOc1ccc([C@H]2CC[C@H](c3ccc(F)nc3F)CC2)cc1. The van der Waals surface area contributed by atoms with Gasteiger partial charge in [-0.3, -0.25) is 0 Å². The summed E-state index contributed by atoms with van der Waals surface area (Å²) in [6, 6.07) is 11.2. The van der Waals surface area contributed by atoms with E-state index >= 15 is 0 Å². The second-order valence-electron chi connectivity index (χ2n) is 7.19. The van der Waals surface area contributed by atoms with Gasteiger partial charge in [-0.25, -0.2) is 0 Å². The minimum absolute atomic E-state index is 0.139. The van der Waals surface area contributed by atoms with Crippen LogP contribution in [0.4, 0.5) is 8.78 Å². The van der Waals surface area contributed by atoms with Crippen LogP contribution in [0.3, 0.4) is 0 Å². The number of hydrogen-bond acceptors (Lipinski definition) is 2. The number of rotatable bonds is 7. The zero-order valence-corrected chi connectivity index (χ0v) is 15.4. The van der Waals surface area contributed by atoms with E-state index < -0.39 is 11.9 Å². The van der Waals surface area contributed by atoms with Gasteiger partial charge in [0.1, 0.15) is 5.75 Å². The lowest BCUT2D eigenvalue weighted by Gasteiger charge is -2.29. The van der Waals surface area contributed by atoms with E-state index in [1.165, 1.54) is 24.5 Å². The molecule has 0 saturated heterocycles. The average Bonchev–Trinajstić information content (AvgIpc) is 2.66. The molecule has 1 saturated carbocycles. The maximum Gasteiger partial charge on any atom is 0.218 e. The number of ether oxygens (including phenoxy) is 1. The Kier molecular flexibility index (Phi) is 6.59. The van der Waals surface area contributed by atoms with E-state index in [2.05, 4.69) is 36.2 Å². The molecule has 0 unspecified atom stereocenters. The molecule has 1 aliphatic rings. The lowest BCUT2D eigenvalue weighted by atomic mass is 9.76. The van der Waals surface area contributed by atoms with Crippen LogP contribution in [0.15, 0.2) is 36.4 Å². The first-order valence-electron chi connectivity index (χ1n) is 9.72. The van der Waals surface area contributed by atoms with Crippen molar-refractivity contribution >= 4 is 0 Å². The number of unbranched alkanes of at least 4 members (excludes halogenated alkanes) is 2. The van der Waals surface area contributed by atoms with Crippen molar-refractivity contribution in [1.29, 1.82) is 0 Å².